The summed E-state index contributed by atoms with van der Waals surface area (Å²) >= 11 is 0. The molecule has 5 heteroatoms. The molecule has 0 spiro atoms. The van der Waals surface area contributed by atoms with E-state index in [1.807, 2.05) is 0 Å². The second kappa shape index (κ2) is 9.00. The molecule has 2 N–H and O–H groups in total. The summed E-state index contributed by atoms with van der Waals surface area (Å²) in [4.78, 5) is 14.4. The highest BCUT2D eigenvalue weighted by atomic mass is 16.3. The minimum atomic E-state index is -0.532. The Morgan fingerprint density at radius 1 is 1.14 bits per heavy atom. The van der Waals surface area contributed by atoms with Crippen LogP contribution < -0.4 is 5.32 Å². The number of carbonyl (C=O) groups excluding carboxylic acids is 1. The molecule has 1 aromatic carbocycles. The van der Waals surface area contributed by atoms with Gasteiger partial charge < -0.3 is 15.3 Å². The molecule has 154 valence electrons. The number of nitrogens with one attached hydrogen (secondary N) is 1. The van der Waals surface area contributed by atoms with Crippen LogP contribution in [-0.4, -0.2) is 40.8 Å². The maximum absolute atomic E-state index is 12.8. The Bertz CT molecular complexity index is 789. The Morgan fingerprint density at radius 2 is 1.90 bits per heavy atom. The average Bonchev–Trinajstić information content (AvgIpc) is 2.75. The quantitative estimate of drug-likeness (QED) is 0.799. The fourth-order valence-corrected chi connectivity index (χ4v) is 5.20. The van der Waals surface area contributed by atoms with E-state index in [0.29, 0.717) is 0 Å². The number of likely N-dealkylation sites (tertiary alicyclic amines) is 1. The van der Waals surface area contributed by atoms with Crippen molar-refractivity contribution in [2.45, 2.75) is 81.8 Å². The number of hydrogen-bond acceptors (Lipinski definition) is 3. The molecule has 3 aliphatic rings. The molecule has 0 bridgehead atoms. The zero-order chi connectivity index (χ0) is 20.2. The van der Waals surface area contributed by atoms with Crippen LogP contribution in [0.15, 0.2) is 30.3 Å². The lowest BCUT2D eigenvalue weighted by atomic mass is 9.75. The van der Waals surface area contributed by atoms with Crippen molar-refractivity contribution < 1.29 is 9.90 Å². The summed E-state index contributed by atoms with van der Waals surface area (Å²) in [5.74, 6) is -0.142. The van der Waals surface area contributed by atoms with Crippen molar-refractivity contribution in [2.24, 2.45) is 0 Å². The largest absolute Gasteiger partial charge is 0.394 e. The maximum atomic E-state index is 12.8. The van der Waals surface area contributed by atoms with E-state index in [0.717, 1.165) is 44.1 Å². The minimum Gasteiger partial charge on any atom is -0.394 e. The van der Waals surface area contributed by atoms with E-state index in [2.05, 4.69) is 41.7 Å². The number of carbonyl (C=O) groups is 1. The molecular weight excluding hydrogens is 362 g/mol. The first-order chi connectivity index (χ1) is 14.2. The molecule has 1 aliphatic heterocycles. The van der Waals surface area contributed by atoms with Crippen LogP contribution in [0, 0.1) is 11.3 Å². The first-order valence-electron chi connectivity index (χ1n) is 11.1. The number of nitrogens with zero attached hydrogens (tertiary/aromatic N) is 2. The second-order valence-corrected chi connectivity index (χ2v) is 8.64. The van der Waals surface area contributed by atoms with Gasteiger partial charge in [-0.05, 0) is 55.2 Å². The van der Waals surface area contributed by atoms with Crippen molar-refractivity contribution in [3.05, 3.63) is 41.5 Å². The number of nitriles is 1. The van der Waals surface area contributed by atoms with Gasteiger partial charge in [-0.25, -0.2) is 4.79 Å². The summed E-state index contributed by atoms with van der Waals surface area (Å²) in [6, 6.07) is 9.80. The average molecular weight is 394 g/mol. The first-order valence-corrected chi connectivity index (χ1v) is 11.1. The van der Waals surface area contributed by atoms with Gasteiger partial charge in [0.25, 0.3) is 0 Å². The molecule has 1 saturated heterocycles. The summed E-state index contributed by atoms with van der Waals surface area (Å²) in [6.07, 6.45) is 12.6. The van der Waals surface area contributed by atoms with Crippen molar-refractivity contribution in [2.75, 3.05) is 6.61 Å². The maximum Gasteiger partial charge on any atom is 0.319 e. The van der Waals surface area contributed by atoms with E-state index in [-0.39, 0.29) is 30.6 Å². The molecular formula is C24H31N3O2. The third-order valence-electron chi connectivity index (χ3n) is 6.86. The van der Waals surface area contributed by atoms with Gasteiger partial charge in [-0.1, -0.05) is 49.6 Å². The number of aliphatic hydroxyl groups excluding tert-OH is 1. The standard InChI is InChI=1S/C24H31N3O2/c25-15-21-23(19-13-11-18(12-14-19)17-7-3-1-4-8-17)22(16-28)27(21)24(29)26-20-9-5-2-6-10-20/h7,11-14,20-23,28H,1-6,8-10,16H2,(H,26,29)/t21-,22+,23-/m0/s1. The molecule has 2 fully saturated rings. The summed E-state index contributed by atoms with van der Waals surface area (Å²) in [5, 5.41) is 22.8. The summed E-state index contributed by atoms with van der Waals surface area (Å²) in [5.41, 5.74) is 3.67. The fourth-order valence-electron chi connectivity index (χ4n) is 5.20. The van der Waals surface area contributed by atoms with Gasteiger partial charge in [0.15, 0.2) is 0 Å². The highest BCUT2D eigenvalue weighted by Gasteiger charge is 2.52. The number of urea groups is 1. The number of amides is 2. The zero-order valence-electron chi connectivity index (χ0n) is 17.0. The Morgan fingerprint density at radius 3 is 2.52 bits per heavy atom. The van der Waals surface area contributed by atoms with E-state index in [1.54, 1.807) is 4.90 Å². The van der Waals surface area contributed by atoms with E-state index in [9.17, 15) is 15.2 Å². The van der Waals surface area contributed by atoms with Gasteiger partial charge in [0.1, 0.15) is 6.04 Å². The van der Waals surface area contributed by atoms with Crippen LogP contribution >= 0.6 is 0 Å². The van der Waals surface area contributed by atoms with Gasteiger partial charge in [-0.15, -0.1) is 0 Å². The van der Waals surface area contributed by atoms with Gasteiger partial charge in [0.05, 0.1) is 18.7 Å². The minimum absolute atomic E-state index is 0.131. The van der Waals surface area contributed by atoms with Gasteiger partial charge in [0, 0.05) is 12.0 Å². The van der Waals surface area contributed by atoms with E-state index >= 15 is 0 Å². The van der Waals surface area contributed by atoms with Crippen LogP contribution in [-0.2, 0) is 0 Å². The Balaban J connectivity index is 1.47. The van der Waals surface area contributed by atoms with Crippen LogP contribution in [0.5, 0.6) is 0 Å². The number of rotatable bonds is 4. The van der Waals surface area contributed by atoms with E-state index in [4.69, 9.17) is 0 Å². The van der Waals surface area contributed by atoms with Crippen LogP contribution in [0.2, 0.25) is 0 Å². The number of benzene rings is 1. The van der Waals surface area contributed by atoms with Gasteiger partial charge >= 0.3 is 6.03 Å². The third-order valence-corrected chi connectivity index (χ3v) is 6.86. The molecule has 5 nitrogen and oxygen atoms in total. The molecule has 1 saturated carbocycles. The normalized spacial score (nSPS) is 27.5. The molecule has 0 aromatic heterocycles. The number of aliphatic hydroxyl groups is 1. The van der Waals surface area contributed by atoms with E-state index in [1.165, 1.54) is 30.4 Å². The van der Waals surface area contributed by atoms with Crippen LogP contribution in [0.25, 0.3) is 5.57 Å². The van der Waals surface area contributed by atoms with Crippen LogP contribution in [0.3, 0.4) is 0 Å². The van der Waals surface area contributed by atoms with E-state index < -0.39 is 6.04 Å². The Hall–Kier alpha value is -2.32. The summed E-state index contributed by atoms with van der Waals surface area (Å²) in [6.45, 7) is -0.131. The molecule has 29 heavy (non-hydrogen) atoms. The Labute approximate surface area is 173 Å². The molecule has 0 radical (unpaired) electrons. The van der Waals surface area contributed by atoms with Gasteiger partial charge in [-0.2, -0.15) is 5.26 Å². The third kappa shape index (κ3) is 4.04. The molecule has 1 aromatic rings. The second-order valence-electron chi connectivity index (χ2n) is 8.64. The highest BCUT2D eigenvalue weighted by Crippen LogP contribution is 2.41. The lowest BCUT2D eigenvalue weighted by molar-refractivity contribution is 0.0153. The van der Waals surface area contributed by atoms with Crippen molar-refractivity contribution in [1.82, 2.24) is 10.2 Å². The lowest BCUT2D eigenvalue weighted by Gasteiger charge is -2.51. The number of allylic oxidation sites excluding steroid dienone is 2. The molecule has 1 heterocycles. The SMILES string of the molecule is N#C[C@H]1[C@H](c2ccc(C3=CCCCC3)cc2)[C@@H](CO)N1C(=O)NC1CCCCC1. The van der Waals surface area contributed by atoms with Gasteiger partial charge in [0.2, 0.25) is 0 Å². The predicted molar refractivity (Wildman–Crippen MR) is 113 cm³/mol. The molecule has 2 aliphatic carbocycles. The molecule has 3 atom stereocenters. The summed E-state index contributed by atoms with van der Waals surface area (Å²) in [7, 11) is 0. The first kappa shape index (κ1) is 20.0. The molecule has 2 amide bonds. The molecule has 0 unspecified atom stereocenters. The smallest absolute Gasteiger partial charge is 0.319 e. The fraction of sp³-hybridized carbons (Fsp3) is 0.583. The lowest BCUT2D eigenvalue weighted by Crippen LogP contribution is -2.67. The van der Waals surface area contributed by atoms with Crippen molar-refractivity contribution in [1.29, 1.82) is 5.26 Å². The Kier molecular flexibility index (Phi) is 6.20. The number of hydrogen-bond donors (Lipinski definition) is 2. The molecule has 4 rings (SSSR count). The van der Waals surface area contributed by atoms with Crippen molar-refractivity contribution >= 4 is 11.6 Å². The topological polar surface area (TPSA) is 76.4 Å². The summed E-state index contributed by atoms with van der Waals surface area (Å²) < 4.78 is 0. The monoisotopic (exact) mass is 393 g/mol. The zero-order valence-corrected chi connectivity index (χ0v) is 17.0. The van der Waals surface area contributed by atoms with Crippen molar-refractivity contribution in [3.8, 4) is 6.07 Å². The van der Waals surface area contributed by atoms with Crippen LogP contribution in [0.4, 0.5) is 4.79 Å². The van der Waals surface area contributed by atoms with Gasteiger partial charge in [-0.3, -0.25) is 0 Å². The predicted octanol–water partition coefficient (Wildman–Crippen LogP) is 4.34. The van der Waals surface area contributed by atoms with Crippen LogP contribution in [0.1, 0.15) is 74.8 Å². The highest BCUT2D eigenvalue weighted by molar-refractivity contribution is 5.78. The van der Waals surface area contributed by atoms with Crippen molar-refractivity contribution in [3.63, 3.8) is 0 Å².